The van der Waals surface area contributed by atoms with Crippen LogP contribution in [0.4, 0.5) is 5.82 Å². The Balaban J connectivity index is 1.49. The number of hydrogen-bond acceptors (Lipinski definition) is 5. The Morgan fingerprint density at radius 1 is 1.14 bits per heavy atom. The van der Waals surface area contributed by atoms with Crippen LogP contribution in [-0.2, 0) is 4.79 Å². The molecule has 28 heavy (non-hydrogen) atoms. The van der Waals surface area contributed by atoms with Gasteiger partial charge in [0.05, 0.1) is 12.1 Å². The van der Waals surface area contributed by atoms with Gasteiger partial charge < -0.3 is 15.5 Å². The second-order valence-electron chi connectivity index (χ2n) is 7.28. The first-order chi connectivity index (χ1) is 13.5. The average molecular weight is 381 g/mol. The largest absolute Gasteiger partial charge is 0.367 e. The van der Waals surface area contributed by atoms with E-state index in [0.29, 0.717) is 37.6 Å². The van der Waals surface area contributed by atoms with Crippen LogP contribution < -0.4 is 10.6 Å². The van der Waals surface area contributed by atoms with Crippen molar-refractivity contribution < 1.29 is 9.59 Å². The van der Waals surface area contributed by atoms with Crippen LogP contribution in [0.25, 0.3) is 0 Å². The summed E-state index contributed by atoms with van der Waals surface area (Å²) in [5, 5.41) is 6.06. The minimum absolute atomic E-state index is 0.00105. The number of aromatic nitrogens is 2. The van der Waals surface area contributed by atoms with Gasteiger partial charge in [-0.2, -0.15) is 0 Å². The van der Waals surface area contributed by atoms with Crippen molar-refractivity contribution in [3.05, 3.63) is 53.5 Å². The van der Waals surface area contributed by atoms with Crippen molar-refractivity contribution >= 4 is 17.6 Å². The van der Waals surface area contributed by atoms with Gasteiger partial charge in [-0.15, -0.1) is 0 Å². The van der Waals surface area contributed by atoms with Crippen molar-refractivity contribution in [2.45, 2.75) is 26.7 Å². The van der Waals surface area contributed by atoms with Gasteiger partial charge in [-0.1, -0.05) is 17.2 Å². The van der Waals surface area contributed by atoms with E-state index in [2.05, 4.69) is 26.7 Å². The molecule has 1 saturated heterocycles. The van der Waals surface area contributed by atoms with Gasteiger partial charge in [-0.3, -0.25) is 14.6 Å². The molecule has 0 radical (unpaired) electrons. The molecule has 7 heteroatoms. The van der Waals surface area contributed by atoms with E-state index >= 15 is 0 Å². The molecule has 0 aliphatic carbocycles. The predicted octanol–water partition coefficient (Wildman–Crippen LogP) is 2.17. The Kier molecular flexibility index (Phi) is 6.57. The van der Waals surface area contributed by atoms with Gasteiger partial charge in [0.25, 0.3) is 5.91 Å². The standard InChI is InChI=1S/C21H27N5O2/c1-15-10-16(2)12-18(11-15)21(28)26-9-3-4-17(14-26)20(27)25-8-7-24-19-13-22-5-6-23-19/h5-6,10-13,17H,3-4,7-9,14H2,1-2H3,(H,23,24)(H,25,27). The number of nitrogens with zero attached hydrogens (tertiary/aromatic N) is 3. The van der Waals surface area contributed by atoms with Crippen molar-refractivity contribution in [3.8, 4) is 0 Å². The van der Waals surface area contributed by atoms with Crippen LogP contribution in [0.2, 0.25) is 0 Å². The molecule has 2 heterocycles. The highest BCUT2D eigenvalue weighted by molar-refractivity contribution is 5.95. The topological polar surface area (TPSA) is 87.2 Å². The van der Waals surface area contributed by atoms with Crippen LogP contribution in [0.5, 0.6) is 0 Å². The fourth-order valence-corrected chi connectivity index (χ4v) is 3.57. The average Bonchev–Trinajstić information content (AvgIpc) is 2.70. The number of likely N-dealkylation sites (tertiary alicyclic amines) is 1. The lowest BCUT2D eigenvalue weighted by Crippen LogP contribution is -2.46. The van der Waals surface area contributed by atoms with E-state index in [-0.39, 0.29) is 17.7 Å². The van der Waals surface area contributed by atoms with Gasteiger partial charge in [0, 0.05) is 44.1 Å². The summed E-state index contributed by atoms with van der Waals surface area (Å²) in [6, 6.07) is 5.88. The van der Waals surface area contributed by atoms with E-state index in [0.717, 1.165) is 24.0 Å². The minimum Gasteiger partial charge on any atom is -0.367 e. The minimum atomic E-state index is -0.167. The Morgan fingerprint density at radius 2 is 1.93 bits per heavy atom. The van der Waals surface area contributed by atoms with Crippen molar-refractivity contribution in [1.29, 1.82) is 0 Å². The summed E-state index contributed by atoms with van der Waals surface area (Å²) >= 11 is 0. The van der Waals surface area contributed by atoms with Crippen LogP contribution in [-0.4, -0.2) is 52.9 Å². The number of benzene rings is 1. The maximum Gasteiger partial charge on any atom is 0.253 e. The number of amides is 2. The molecule has 3 rings (SSSR count). The molecule has 0 spiro atoms. The van der Waals surface area contributed by atoms with Crippen LogP contribution in [0.1, 0.15) is 34.3 Å². The first-order valence-corrected chi connectivity index (χ1v) is 9.68. The monoisotopic (exact) mass is 381 g/mol. The first-order valence-electron chi connectivity index (χ1n) is 9.68. The molecule has 0 bridgehead atoms. The summed E-state index contributed by atoms with van der Waals surface area (Å²) in [7, 11) is 0. The molecule has 148 valence electrons. The van der Waals surface area contributed by atoms with E-state index in [1.54, 1.807) is 23.5 Å². The van der Waals surface area contributed by atoms with Gasteiger partial charge in [-0.05, 0) is 38.8 Å². The number of nitrogens with one attached hydrogen (secondary N) is 2. The molecule has 1 aromatic heterocycles. The van der Waals surface area contributed by atoms with Crippen molar-refractivity contribution in [1.82, 2.24) is 20.2 Å². The zero-order valence-corrected chi connectivity index (χ0v) is 16.4. The van der Waals surface area contributed by atoms with Gasteiger partial charge >= 0.3 is 0 Å². The highest BCUT2D eigenvalue weighted by Crippen LogP contribution is 2.20. The second-order valence-corrected chi connectivity index (χ2v) is 7.28. The summed E-state index contributed by atoms with van der Waals surface area (Å²) < 4.78 is 0. The second kappa shape index (κ2) is 9.30. The highest BCUT2D eigenvalue weighted by atomic mass is 16.2. The molecule has 1 unspecified atom stereocenters. The summed E-state index contributed by atoms with van der Waals surface area (Å²) in [5.41, 5.74) is 2.85. The van der Waals surface area contributed by atoms with E-state index < -0.39 is 0 Å². The number of anilines is 1. The Morgan fingerprint density at radius 3 is 2.64 bits per heavy atom. The van der Waals surface area contributed by atoms with E-state index in [1.165, 1.54) is 0 Å². The van der Waals surface area contributed by atoms with Gasteiger partial charge in [0.15, 0.2) is 0 Å². The molecule has 7 nitrogen and oxygen atoms in total. The van der Waals surface area contributed by atoms with Crippen LogP contribution in [0.15, 0.2) is 36.8 Å². The van der Waals surface area contributed by atoms with Gasteiger partial charge in [0.1, 0.15) is 5.82 Å². The fourth-order valence-electron chi connectivity index (χ4n) is 3.57. The SMILES string of the molecule is Cc1cc(C)cc(C(=O)N2CCCC(C(=O)NCCNc3cnccn3)C2)c1. The zero-order chi connectivity index (χ0) is 19.9. The number of hydrogen-bond donors (Lipinski definition) is 2. The fraction of sp³-hybridized carbons (Fsp3) is 0.429. The number of carbonyl (C=O) groups is 2. The van der Waals surface area contributed by atoms with Crippen molar-refractivity contribution in [3.63, 3.8) is 0 Å². The molecule has 2 amide bonds. The molecule has 1 atom stereocenters. The third kappa shape index (κ3) is 5.28. The van der Waals surface area contributed by atoms with E-state index in [4.69, 9.17) is 0 Å². The molecule has 0 saturated carbocycles. The molecule has 1 aliphatic rings. The summed E-state index contributed by atoms with van der Waals surface area (Å²) in [6.45, 7) is 6.22. The van der Waals surface area contributed by atoms with Crippen molar-refractivity contribution in [2.24, 2.45) is 5.92 Å². The molecule has 1 aromatic carbocycles. The van der Waals surface area contributed by atoms with Crippen LogP contribution in [0, 0.1) is 19.8 Å². The van der Waals surface area contributed by atoms with Crippen LogP contribution in [0.3, 0.4) is 0 Å². The van der Waals surface area contributed by atoms with Crippen LogP contribution >= 0.6 is 0 Å². The number of aryl methyl sites for hydroxylation is 2. The zero-order valence-electron chi connectivity index (χ0n) is 16.4. The maximum absolute atomic E-state index is 12.9. The van der Waals surface area contributed by atoms with Crippen molar-refractivity contribution in [2.75, 3.05) is 31.5 Å². The molecular formula is C21H27N5O2. The summed E-state index contributed by atoms with van der Waals surface area (Å²) in [5.74, 6) is 0.521. The quantitative estimate of drug-likeness (QED) is 0.749. The van der Waals surface area contributed by atoms with Gasteiger partial charge in [-0.25, -0.2) is 4.98 Å². The third-order valence-corrected chi connectivity index (χ3v) is 4.84. The molecule has 1 fully saturated rings. The Labute approximate surface area is 165 Å². The lowest BCUT2D eigenvalue weighted by molar-refractivity contribution is -0.126. The lowest BCUT2D eigenvalue weighted by atomic mass is 9.96. The number of rotatable bonds is 6. The summed E-state index contributed by atoms with van der Waals surface area (Å²) in [6.07, 6.45) is 6.51. The number of piperidine rings is 1. The maximum atomic E-state index is 12.9. The predicted molar refractivity (Wildman–Crippen MR) is 108 cm³/mol. The molecular weight excluding hydrogens is 354 g/mol. The number of carbonyl (C=O) groups excluding carboxylic acids is 2. The Bertz CT molecular complexity index is 805. The molecule has 2 aromatic rings. The highest BCUT2D eigenvalue weighted by Gasteiger charge is 2.28. The van der Waals surface area contributed by atoms with E-state index in [9.17, 15) is 9.59 Å². The third-order valence-electron chi connectivity index (χ3n) is 4.84. The van der Waals surface area contributed by atoms with E-state index in [1.807, 2.05) is 26.0 Å². The Hall–Kier alpha value is -2.96. The lowest BCUT2D eigenvalue weighted by Gasteiger charge is -2.32. The first kappa shape index (κ1) is 19.8. The summed E-state index contributed by atoms with van der Waals surface area (Å²) in [4.78, 5) is 35.3. The molecule has 2 N–H and O–H groups in total. The van der Waals surface area contributed by atoms with Gasteiger partial charge in [0.2, 0.25) is 5.91 Å². The molecule has 1 aliphatic heterocycles. The normalized spacial score (nSPS) is 16.5. The smallest absolute Gasteiger partial charge is 0.253 e.